The lowest BCUT2D eigenvalue weighted by molar-refractivity contribution is 0.142. The molecule has 1 aromatic rings. The summed E-state index contributed by atoms with van der Waals surface area (Å²) in [6.45, 7) is 9.47. The minimum atomic E-state index is 0.415. The van der Waals surface area contributed by atoms with Crippen molar-refractivity contribution in [2.45, 2.75) is 53.0 Å². The van der Waals surface area contributed by atoms with E-state index in [1.807, 2.05) is 6.20 Å². The summed E-state index contributed by atoms with van der Waals surface area (Å²) in [6, 6.07) is 2.78. The van der Waals surface area contributed by atoms with Crippen LogP contribution in [-0.4, -0.2) is 11.0 Å². The standard InChI is InChI=1S/C16H23BrN2/c1-10-7-12(9-18-14(10)17)19-13-8-11-5-6-16(13,4)15(11,2)3/h7,9,11,13,19H,5-6,8H2,1-4H3. The van der Waals surface area contributed by atoms with Crippen molar-refractivity contribution >= 4 is 21.6 Å². The second-order valence-electron chi connectivity index (χ2n) is 7.14. The Balaban J connectivity index is 1.84. The first-order chi connectivity index (χ1) is 8.84. The van der Waals surface area contributed by atoms with Crippen LogP contribution in [0.15, 0.2) is 16.9 Å². The van der Waals surface area contributed by atoms with Crippen molar-refractivity contribution in [3.05, 3.63) is 22.4 Å². The molecule has 0 radical (unpaired) electrons. The van der Waals surface area contributed by atoms with E-state index < -0.39 is 0 Å². The van der Waals surface area contributed by atoms with E-state index in [0.29, 0.717) is 16.9 Å². The number of aryl methyl sites for hydroxylation is 1. The summed E-state index contributed by atoms with van der Waals surface area (Å²) in [4.78, 5) is 4.40. The molecule has 2 fully saturated rings. The average molecular weight is 323 g/mol. The van der Waals surface area contributed by atoms with E-state index in [9.17, 15) is 0 Å². The highest BCUT2D eigenvalue weighted by Gasteiger charge is 2.61. The Hall–Kier alpha value is -0.570. The summed E-state index contributed by atoms with van der Waals surface area (Å²) in [5.74, 6) is 0.875. The van der Waals surface area contributed by atoms with Crippen LogP contribution in [0.3, 0.4) is 0 Å². The second kappa shape index (κ2) is 4.21. The molecule has 104 valence electrons. The minimum absolute atomic E-state index is 0.415. The Labute approximate surface area is 124 Å². The monoisotopic (exact) mass is 322 g/mol. The fraction of sp³-hybridized carbons (Fsp3) is 0.688. The first-order valence-electron chi connectivity index (χ1n) is 7.23. The van der Waals surface area contributed by atoms with Crippen molar-refractivity contribution in [2.75, 3.05) is 5.32 Å². The van der Waals surface area contributed by atoms with Crippen LogP contribution < -0.4 is 5.32 Å². The molecule has 3 rings (SSSR count). The third-order valence-corrected chi connectivity index (χ3v) is 6.98. The predicted molar refractivity (Wildman–Crippen MR) is 83.3 cm³/mol. The van der Waals surface area contributed by atoms with E-state index >= 15 is 0 Å². The van der Waals surface area contributed by atoms with Gasteiger partial charge < -0.3 is 5.32 Å². The molecule has 3 atom stereocenters. The van der Waals surface area contributed by atoms with Crippen molar-refractivity contribution < 1.29 is 0 Å². The first kappa shape index (κ1) is 13.4. The fourth-order valence-electron chi connectivity index (χ4n) is 4.26. The lowest BCUT2D eigenvalue weighted by atomic mass is 9.69. The smallest absolute Gasteiger partial charge is 0.109 e. The molecule has 3 heteroatoms. The Bertz CT molecular complexity index is 511. The second-order valence-corrected chi connectivity index (χ2v) is 7.89. The van der Waals surface area contributed by atoms with Gasteiger partial charge in [-0.15, -0.1) is 0 Å². The zero-order chi connectivity index (χ0) is 13.8. The maximum atomic E-state index is 4.40. The molecule has 2 aliphatic carbocycles. The van der Waals surface area contributed by atoms with E-state index in [0.717, 1.165) is 16.2 Å². The lowest BCUT2D eigenvalue weighted by Gasteiger charge is -2.39. The molecule has 3 unspecified atom stereocenters. The summed E-state index contributed by atoms with van der Waals surface area (Å²) < 4.78 is 0.942. The molecule has 2 saturated carbocycles. The topological polar surface area (TPSA) is 24.9 Å². The Kier molecular flexibility index (Phi) is 2.97. The van der Waals surface area contributed by atoms with Crippen molar-refractivity contribution in [1.82, 2.24) is 4.98 Å². The molecule has 0 saturated heterocycles. The molecule has 1 aromatic heterocycles. The van der Waals surface area contributed by atoms with Gasteiger partial charge in [-0.2, -0.15) is 0 Å². The molecular weight excluding hydrogens is 300 g/mol. The normalized spacial score (nSPS) is 35.6. The van der Waals surface area contributed by atoms with Gasteiger partial charge >= 0.3 is 0 Å². The molecule has 1 heterocycles. The molecule has 2 bridgehead atoms. The lowest BCUT2D eigenvalue weighted by Crippen LogP contribution is -2.40. The van der Waals surface area contributed by atoms with Gasteiger partial charge in [-0.3, -0.25) is 0 Å². The van der Waals surface area contributed by atoms with E-state index in [1.54, 1.807) is 0 Å². The summed E-state index contributed by atoms with van der Waals surface area (Å²) >= 11 is 3.46. The van der Waals surface area contributed by atoms with Gasteiger partial charge in [-0.1, -0.05) is 20.8 Å². The first-order valence-corrected chi connectivity index (χ1v) is 8.02. The van der Waals surface area contributed by atoms with E-state index in [4.69, 9.17) is 0 Å². The zero-order valence-corrected chi connectivity index (χ0v) is 13.8. The maximum Gasteiger partial charge on any atom is 0.109 e. The van der Waals surface area contributed by atoms with Gasteiger partial charge in [0.25, 0.3) is 0 Å². The molecule has 2 nitrogen and oxygen atoms in total. The number of hydrogen-bond donors (Lipinski definition) is 1. The van der Waals surface area contributed by atoms with Crippen LogP contribution in [-0.2, 0) is 0 Å². The molecular formula is C16H23BrN2. The number of fused-ring (bicyclic) bond motifs is 2. The van der Waals surface area contributed by atoms with Gasteiger partial charge in [-0.25, -0.2) is 4.98 Å². The van der Waals surface area contributed by atoms with Crippen LogP contribution in [0, 0.1) is 23.7 Å². The van der Waals surface area contributed by atoms with E-state index in [1.165, 1.54) is 24.8 Å². The number of hydrogen-bond acceptors (Lipinski definition) is 2. The number of rotatable bonds is 2. The third kappa shape index (κ3) is 1.84. The van der Waals surface area contributed by atoms with Gasteiger partial charge in [0.05, 0.1) is 11.9 Å². The van der Waals surface area contributed by atoms with Crippen molar-refractivity contribution in [2.24, 2.45) is 16.7 Å². The third-order valence-electron chi connectivity index (χ3n) is 6.15. The molecule has 0 spiro atoms. The molecule has 2 aliphatic rings. The average Bonchev–Trinajstić information content (AvgIpc) is 2.67. The molecule has 0 amide bonds. The van der Waals surface area contributed by atoms with Gasteiger partial charge in [0.2, 0.25) is 0 Å². The van der Waals surface area contributed by atoms with Crippen LogP contribution in [0.4, 0.5) is 5.69 Å². The summed E-state index contributed by atoms with van der Waals surface area (Å²) in [6.07, 6.45) is 6.00. The Morgan fingerprint density at radius 1 is 1.37 bits per heavy atom. The minimum Gasteiger partial charge on any atom is -0.380 e. The number of aromatic nitrogens is 1. The molecule has 0 aromatic carbocycles. The quantitative estimate of drug-likeness (QED) is 0.792. The summed E-state index contributed by atoms with van der Waals surface area (Å²) in [5, 5.41) is 3.75. The number of nitrogens with one attached hydrogen (secondary N) is 1. The largest absolute Gasteiger partial charge is 0.380 e. The van der Waals surface area contributed by atoms with E-state index in [2.05, 4.69) is 60.0 Å². The van der Waals surface area contributed by atoms with Crippen LogP contribution >= 0.6 is 15.9 Å². The molecule has 19 heavy (non-hydrogen) atoms. The predicted octanol–water partition coefficient (Wildman–Crippen LogP) is 4.78. The highest BCUT2D eigenvalue weighted by Crippen LogP contribution is 2.65. The molecule has 0 aliphatic heterocycles. The van der Waals surface area contributed by atoms with E-state index in [-0.39, 0.29) is 0 Å². The van der Waals surface area contributed by atoms with Crippen LogP contribution in [0.5, 0.6) is 0 Å². The van der Waals surface area contributed by atoms with Gasteiger partial charge in [0.15, 0.2) is 0 Å². The molecule has 1 N–H and O–H groups in total. The number of nitrogens with zero attached hydrogens (tertiary/aromatic N) is 1. The summed E-state index contributed by atoms with van der Waals surface area (Å²) in [5.41, 5.74) is 3.23. The highest BCUT2D eigenvalue weighted by atomic mass is 79.9. The fourth-order valence-corrected chi connectivity index (χ4v) is 4.48. The van der Waals surface area contributed by atoms with Crippen molar-refractivity contribution in [3.63, 3.8) is 0 Å². The zero-order valence-electron chi connectivity index (χ0n) is 12.3. The highest BCUT2D eigenvalue weighted by molar-refractivity contribution is 9.10. The Morgan fingerprint density at radius 2 is 2.11 bits per heavy atom. The Morgan fingerprint density at radius 3 is 2.63 bits per heavy atom. The van der Waals surface area contributed by atoms with Crippen molar-refractivity contribution in [3.8, 4) is 0 Å². The SMILES string of the molecule is Cc1cc(NC2CC3CCC2(C)C3(C)C)cnc1Br. The van der Waals surface area contributed by atoms with Crippen LogP contribution in [0.1, 0.15) is 45.6 Å². The number of halogens is 1. The van der Waals surface area contributed by atoms with Crippen LogP contribution in [0.25, 0.3) is 0 Å². The van der Waals surface area contributed by atoms with Crippen molar-refractivity contribution in [1.29, 1.82) is 0 Å². The maximum absolute atomic E-state index is 4.40. The number of anilines is 1. The number of pyridine rings is 1. The van der Waals surface area contributed by atoms with Gasteiger partial charge in [0.1, 0.15) is 4.60 Å². The van der Waals surface area contributed by atoms with Gasteiger partial charge in [0, 0.05) is 6.04 Å². The van der Waals surface area contributed by atoms with Gasteiger partial charge in [-0.05, 0) is 70.5 Å². The summed E-state index contributed by atoms with van der Waals surface area (Å²) in [7, 11) is 0. The van der Waals surface area contributed by atoms with Crippen LogP contribution in [0.2, 0.25) is 0 Å².